The van der Waals surface area contributed by atoms with Crippen molar-refractivity contribution in [3.63, 3.8) is 0 Å². The molecule has 1 aromatic carbocycles. The first-order valence-corrected chi connectivity index (χ1v) is 6.86. The molecular weight excluding hydrogens is 278 g/mol. The highest BCUT2D eigenvalue weighted by Gasteiger charge is 2.36. The Hall–Kier alpha value is -1.69. The Morgan fingerprint density at radius 1 is 1.29 bits per heavy atom. The smallest absolute Gasteiger partial charge is 0.410 e. The Labute approximate surface area is 122 Å². The number of hydrogen-bond acceptors (Lipinski definition) is 3. The summed E-state index contributed by atoms with van der Waals surface area (Å²) >= 11 is 0. The fourth-order valence-electron chi connectivity index (χ4n) is 2.40. The number of halogens is 2. The molecule has 2 N–H and O–H groups in total. The van der Waals surface area contributed by atoms with E-state index in [2.05, 4.69) is 0 Å². The van der Waals surface area contributed by atoms with E-state index in [-0.39, 0.29) is 12.0 Å². The first-order valence-electron chi connectivity index (χ1n) is 6.86. The Balaban J connectivity index is 2.10. The lowest BCUT2D eigenvalue weighted by Gasteiger charge is -2.24. The molecular formula is C15H20F2N2O2. The Kier molecular flexibility index (Phi) is 4.18. The molecule has 1 amide bonds. The topological polar surface area (TPSA) is 55.6 Å². The highest BCUT2D eigenvalue weighted by molar-refractivity contribution is 5.69. The number of carbonyl (C=O) groups is 1. The van der Waals surface area contributed by atoms with Gasteiger partial charge in [-0.1, -0.05) is 6.07 Å². The fourth-order valence-corrected chi connectivity index (χ4v) is 2.40. The third-order valence-electron chi connectivity index (χ3n) is 3.39. The van der Waals surface area contributed by atoms with Crippen LogP contribution in [0.3, 0.4) is 0 Å². The molecule has 116 valence electrons. The molecule has 0 aliphatic carbocycles. The average molecular weight is 298 g/mol. The summed E-state index contributed by atoms with van der Waals surface area (Å²) in [6, 6.07) is 3.38. The molecule has 0 radical (unpaired) electrons. The minimum absolute atomic E-state index is 0.229. The lowest BCUT2D eigenvalue weighted by molar-refractivity contribution is 0.0290. The van der Waals surface area contributed by atoms with Crippen LogP contribution < -0.4 is 5.73 Å². The second-order valence-electron chi connectivity index (χ2n) is 6.33. The van der Waals surface area contributed by atoms with Crippen LogP contribution in [0.1, 0.15) is 32.3 Å². The number of carbonyl (C=O) groups excluding carboxylic acids is 1. The number of rotatable bonds is 1. The van der Waals surface area contributed by atoms with Crippen LogP contribution in [0.4, 0.5) is 13.6 Å². The molecule has 1 aliphatic rings. The van der Waals surface area contributed by atoms with E-state index in [1.165, 1.54) is 11.0 Å². The minimum atomic E-state index is -0.907. The molecule has 0 aromatic heterocycles. The van der Waals surface area contributed by atoms with Gasteiger partial charge in [0, 0.05) is 25.0 Å². The van der Waals surface area contributed by atoms with Crippen LogP contribution in [0, 0.1) is 11.6 Å². The van der Waals surface area contributed by atoms with Gasteiger partial charge < -0.3 is 15.4 Å². The molecule has 0 saturated carbocycles. The van der Waals surface area contributed by atoms with E-state index in [1.54, 1.807) is 20.8 Å². The first-order chi connectivity index (χ1) is 9.67. The van der Waals surface area contributed by atoms with E-state index >= 15 is 0 Å². The monoisotopic (exact) mass is 298 g/mol. The van der Waals surface area contributed by atoms with Crippen LogP contribution in [-0.4, -0.2) is 35.7 Å². The van der Waals surface area contributed by atoms with E-state index in [1.807, 2.05) is 0 Å². The summed E-state index contributed by atoms with van der Waals surface area (Å²) in [7, 11) is 0. The third-order valence-corrected chi connectivity index (χ3v) is 3.39. The molecule has 6 heteroatoms. The predicted octanol–water partition coefficient (Wildman–Crippen LogP) is 2.63. The van der Waals surface area contributed by atoms with E-state index in [0.29, 0.717) is 18.7 Å². The Bertz CT molecular complexity index is 543. The number of likely N-dealkylation sites (tertiary alicyclic amines) is 1. The van der Waals surface area contributed by atoms with E-state index < -0.39 is 23.3 Å². The molecule has 0 unspecified atom stereocenters. The highest BCUT2D eigenvalue weighted by Crippen LogP contribution is 2.28. The molecule has 2 atom stereocenters. The third kappa shape index (κ3) is 3.69. The van der Waals surface area contributed by atoms with Gasteiger partial charge in [-0.15, -0.1) is 0 Å². The van der Waals surface area contributed by atoms with Gasteiger partial charge in [-0.05, 0) is 38.5 Å². The van der Waals surface area contributed by atoms with E-state index in [0.717, 1.165) is 12.1 Å². The van der Waals surface area contributed by atoms with Crippen molar-refractivity contribution in [3.8, 4) is 0 Å². The molecule has 1 aromatic rings. The molecule has 1 fully saturated rings. The molecule has 21 heavy (non-hydrogen) atoms. The van der Waals surface area contributed by atoms with Gasteiger partial charge >= 0.3 is 6.09 Å². The second-order valence-corrected chi connectivity index (χ2v) is 6.33. The molecule has 1 saturated heterocycles. The Morgan fingerprint density at radius 2 is 1.95 bits per heavy atom. The van der Waals surface area contributed by atoms with Crippen molar-refractivity contribution in [1.82, 2.24) is 4.90 Å². The van der Waals surface area contributed by atoms with Gasteiger partial charge in [-0.25, -0.2) is 13.6 Å². The average Bonchev–Trinajstić information content (AvgIpc) is 2.73. The minimum Gasteiger partial charge on any atom is -0.444 e. The van der Waals surface area contributed by atoms with Gasteiger partial charge in [-0.2, -0.15) is 0 Å². The number of hydrogen-bond donors (Lipinski definition) is 1. The SMILES string of the molecule is CC(C)(C)OC(=O)N1C[C@H](N)[C@H](c2ccc(F)c(F)c2)C1. The zero-order chi connectivity index (χ0) is 15.8. The van der Waals surface area contributed by atoms with Crippen LogP contribution in [0.25, 0.3) is 0 Å². The van der Waals surface area contributed by atoms with Crippen LogP contribution >= 0.6 is 0 Å². The summed E-state index contributed by atoms with van der Waals surface area (Å²) in [4.78, 5) is 13.5. The summed E-state index contributed by atoms with van der Waals surface area (Å²) in [5.74, 6) is -2.03. The normalized spacial score (nSPS) is 22.5. The maximum atomic E-state index is 13.3. The highest BCUT2D eigenvalue weighted by atomic mass is 19.2. The zero-order valence-electron chi connectivity index (χ0n) is 12.4. The molecule has 1 aliphatic heterocycles. The van der Waals surface area contributed by atoms with Crippen LogP contribution in [0.2, 0.25) is 0 Å². The predicted molar refractivity (Wildman–Crippen MR) is 74.9 cm³/mol. The Morgan fingerprint density at radius 3 is 2.52 bits per heavy atom. The quantitative estimate of drug-likeness (QED) is 0.867. The largest absolute Gasteiger partial charge is 0.444 e. The second kappa shape index (κ2) is 5.60. The van der Waals surface area contributed by atoms with Crippen molar-refractivity contribution in [2.45, 2.75) is 38.3 Å². The van der Waals surface area contributed by atoms with Crippen molar-refractivity contribution >= 4 is 6.09 Å². The molecule has 2 rings (SSSR count). The summed E-state index contributed by atoms with van der Waals surface area (Å²) in [5.41, 5.74) is 6.03. The summed E-state index contributed by atoms with van der Waals surface area (Å²) < 4.78 is 31.6. The zero-order valence-corrected chi connectivity index (χ0v) is 12.4. The van der Waals surface area contributed by atoms with Gasteiger partial charge in [0.15, 0.2) is 11.6 Å². The van der Waals surface area contributed by atoms with Gasteiger partial charge in [-0.3, -0.25) is 0 Å². The van der Waals surface area contributed by atoms with Crippen molar-refractivity contribution < 1.29 is 18.3 Å². The van der Waals surface area contributed by atoms with E-state index in [9.17, 15) is 13.6 Å². The number of nitrogens with zero attached hydrogens (tertiary/aromatic N) is 1. The fraction of sp³-hybridized carbons (Fsp3) is 0.533. The summed E-state index contributed by atoms with van der Waals surface area (Å²) in [5, 5.41) is 0. The lowest BCUT2D eigenvalue weighted by Crippen LogP contribution is -2.36. The van der Waals surface area contributed by atoms with Gasteiger partial charge in [0.1, 0.15) is 5.60 Å². The van der Waals surface area contributed by atoms with Crippen LogP contribution in [0.5, 0.6) is 0 Å². The number of ether oxygens (including phenoxy) is 1. The van der Waals surface area contributed by atoms with E-state index in [4.69, 9.17) is 10.5 Å². The number of benzene rings is 1. The number of amides is 1. The van der Waals surface area contributed by atoms with Crippen molar-refractivity contribution in [2.75, 3.05) is 13.1 Å². The van der Waals surface area contributed by atoms with Crippen molar-refractivity contribution in [2.24, 2.45) is 5.73 Å². The van der Waals surface area contributed by atoms with Gasteiger partial charge in [0.05, 0.1) is 0 Å². The molecule has 0 spiro atoms. The standard InChI is InChI=1S/C15H20F2N2O2/c1-15(2,3)21-14(20)19-7-10(13(18)8-19)9-4-5-11(16)12(17)6-9/h4-6,10,13H,7-8,18H2,1-3H3/t10-,13-/m0/s1. The summed E-state index contributed by atoms with van der Waals surface area (Å²) in [6.07, 6.45) is -0.442. The molecule has 1 heterocycles. The maximum Gasteiger partial charge on any atom is 0.410 e. The van der Waals surface area contributed by atoms with Crippen LogP contribution in [0.15, 0.2) is 18.2 Å². The maximum absolute atomic E-state index is 13.3. The summed E-state index contributed by atoms with van der Waals surface area (Å²) in [6.45, 7) is 6.02. The molecule has 0 bridgehead atoms. The van der Waals surface area contributed by atoms with Crippen molar-refractivity contribution in [3.05, 3.63) is 35.4 Å². The lowest BCUT2D eigenvalue weighted by atomic mass is 9.95. The first kappa shape index (κ1) is 15.7. The van der Waals surface area contributed by atoms with Crippen LogP contribution in [-0.2, 0) is 4.74 Å². The van der Waals surface area contributed by atoms with Crippen molar-refractivity contribution in [1.29, 1.82) is 0 Å². The van der Waals surface area contributed by atoms with Gasteiger partial charge in [0.2, 0.25) is 0 Å². The number of nitrogens with two attached hydrogens (primary N) is 1. The van der Waals surface area contributed by atoms with Gasteiger partial charge in [0.25, 0.3) is 0 Å². The molecule has 4 nitrogen and oxygen atoms in total.